The maximum absolute atomic E-state index is 11.7. The summed E-state index contributed by atoms with van der Waals surface area (Å²) in [6.45, 7) is 0. The molecule has 1 aromatic rings. The van der Waals surface area contributed by atoms with E-state index in [1.54, 1.807) is 18.2 Å². The van der Waals surface area contributed by atoms with Gasteiger partial charge in [-0.05, 0) is 12.1 Å². The van der Waals surface area contributed by atoms with Crippen LogP contribution < -0.4 is 5.32 Å². The number of benzene rings is 1. The molecule has 2 rings (SSSR count). The van der Waals surface area contributed by atoms with Gasteiger partial charge in [-0.1, -0.05) is 6.07 Å². The van der Waals surface area contributed by atoms with Crippen molar-refractivity contribution in [2.24, 2.45) is 0 Å². The summed E-state index contributed by atoms with van der Waals surface area (Å²) in [5, 5.41) is 2.40. The molecule has 1 N–H and O–H groups in total. The molecule has 0 bridgehead atoms. The number of fused-ring (bicyclic) bond motifs is 1. The van der Waals surface area contributed by atoms with Crippen molar-refractivity contribution in [1.82, 2.24) is 4.90 Å². The third kappa shape index (κ3) is 1.20. The average molecular weight is 204 g/mol. The molecule has 0 fully saturated rings. The van der Waals surface area contributed by atoms with Gasteiger partial charge in [-0.3, -0.25) is 19.3 Å². The van der Waals surface area contributed by atoms with Crippen LogP contribution in [0, 0.1) is 0 Å². The van der Waals surface area contributed by atoms with E-state index in [0.717, 1.165) is 4.90 Å². The molecular formula is C10H8N2O3. The summed E-state index contributed by atoms with van der Waals surface area (Å²) in [5.41, 5.74) is 0.955. The Balaban J connectivity index is 2.63. The predicted octanol–water partition coefficient (Wildman–Crippen LogP) is 0.481. The van der Waals surface area contributed by atoms with Crippen LogP contribution in [0.5, 0.6) is 0 Å². The summed E-state index contributed by atoms with van der Waals surface area (Å²) in [6, 6.07) is 4.77. The third-order valence-electron chi connectivity index (χ3n) is 2.33. The normalized spacial score (nSPS) is 14.1. The zero-order valence-electron chi connectivity index (χ0n) is 7.98. The molecule has 1 aliphatic heterocycles. The summed E-state index contributed by atoms with van der Waals surface area (Å²) in [7, 11) is 1.41. The summed E-state index contributed by atoms with van der Waals surface area (Å²) < 4.78 is 0. The van der Waals surface area contributed by atoms with E-state index < -0.39 is 0 Å². The lowest BCUT2D eigenvalue weighted by atomic mass is 10.1. The molecule has 1 aromatic carbocycles. The third-order valence-corrected chi connectivity index (χ3v) is 2.33. The monoisotopic (exact) mass is 204 g/mol. The number of anilines is 1. The predicted molar refractivity (Wildman–Crippen MR) is 52.6 cm³/mol. The first-order chi connectivity index (χ1) is 7.16. The van der Waals surface area contributed by atoms with Gasteiger partial charge in [0.25, 0.3) is 11.8 Å². The minimum Gasteiger partial charge on any atom is -0.328 e. The van der Waals surface area contributed by atoms with Gasteiger partial charge in [0, 0.05) is 7.05 Å². The van der Waals surface area contributed by atoms with Crippen LogP contribution in [-0.2, 0) is 4.79 Å². The Morgan fingerprint density at radius 1 is 1.27 bits per heavy atom. The van der Waals surface area contributed by atoms with E-state index in [4.69, 9.17) is 0 Å². The number of carbonyl (C=O) groups excluding carboxylic acids is 3. The number of nitrogens with one attached hydrogen (secondary N) is 1. The molecule has 0 saturated heterocycles. The van der Waals surface area contributed by atoms with Crippen LogP contribution in [0.25, 0.3) is 0 Å². The van der Waals surface area contributed by atoms with Crippen LogP contribution in [0.15, 0.2) is 18.2 Å². The Morgan fingerprint density at radius 3 is 2.67 bits per heavy atom. The number of amides is 3. The van der Waals surface area contributed by atoms with Crippen LogP contribution in [0.1, 0.15) is 20.7 Å². The van der Waals surface area contributed by atoms with E-state index in [-0.39, 0.29) is 17.4 Å². The number of hydrogen-bond acceptors (Lipinski definition) is 3. The van der Waals surface area contributed by atoms with Gasteiger partial charge in [0.1, 0.15) is 0 Å². The fraction of sp³-hybridized carbons (Fsp3) is 0.100. The molecule has 76 valence electrons. The lowest BCUT2D eigenvalue weighted by Gasteiger charge is -2.04. The molecule has 0 aromatic heterocycles. The van der Waals surface area contributed by atoms with Crippen molar-refractivity contribution < 1.29 is 14.4 Å². The second-order valence-corrected chi connectivity index (χ2v) is 3.16. The first kappa shape index (κ1) is 9.39. The van der Waals surface area contributed by atoms with Gasteiger partial charge >= 0.3 is 0 Å². The van der Waals surface area contributed by atoms with E-state index in [0.29, 0.717) is 17.7 Å². The Bertz CT molecular complexity index is 468. The van der Waals surface area contributed by atoms with E-state index in [2.05, 4.69) is 5.32 Å². The number of carbonyl (C=O) groups is 3. The fourth-order valence-electron chi connectivity index (χ4n) is 1.59. The second kappa shape index (κ2) is 3.20. The lowest BCUT2D eigenvalue weighted by Crippen LogP contribution is -2.24. The highest BCUT2D eigenvalue weighted by atomic mass is 16.2. The Hall–Kier alpha value is -2.17. The van der Waals surface area contributed by atoms with Crippen molar-refractivity contribution in [3.63, 3.8) is 0 Å². The molecule has 5 heteroatoms. The maximum Gasteiger partial charge on any atom is 0.263 e. The molecule has 3 amide bonds. The Kier molecular flexibility index (Phi) is 2.00. The molecule has 0 radical (unpaired) electrons. The number of nitrogens with zero attached hydrogens (tertiary/aromatic N) is 1. The quantitative estimate of drug-likeness (QED) is 0.562. The van der Waals surface area contributed by atoms with Crippen LogP contribution in [-0.4, -0.2) is 30.2 Å². The maximum atomic E-state index is 11.7. The Morgan fingerprint density at radius 2 is 2.00 bits per heavy atom. The number of imide groups is 1. The second-order valence-electron chi connectivity index (χ2n) is 3.16. The molecular weight excluding hydrogens is 196 g/mol. The Labute approximate surface area is 85.7 Å². The highest BCUT2D eigenvalue weighted by Crippen LogP contribution is 2.27. The molecule has 0 atom stereocenters. The van der Waals surface area contributed by atoms with Crippen molar-refractivity contribution in [2.45, 2.75) is 0 Å². The van der Waals surface area contributed by atoms with Gasteiger partial charge in [0.2, 0.25) is 6.41 Å². The molecule has 15 heavy (non-hydrogen) atoms. The van der Waals surface area contributed by atoms with Gasteiger partial charge in [0.15, 0.2) is 0 Å². The zero-order valence-corrected chi connectivity index (χ0v) is 7.98. The van der Waals surface area contributed by atoms with Crippen LogP contribution in [0.3, 0.4) is 0 Å². The largest absolute Gasteiger partial charge is 0.328 e. The van der Waals surface area contributed by atoms with Gasteiger partial charge in [-0.15, -0.1) is 0 Å². The minimum absolute atomic E-state index is 0.261. The number of rotatable bonds is 2. The first-order valence-corrected chi connectivity index (χ1v) is 4.32. The van der Waals surface area contributed by atoms with Crippen molar-refractivity contribution in [3.8, 4) is 0 Å². The van der Waals surface area contributed by atoms with Crippen molar-refractivity contribution in [1.29, 1.82) is 0 Å². The standard InChI is InChI=1S/C10H8N2O3/c1-12-9(14)6-3-2-4-7(11-5-13)8(6)10(12)15/h2-5H,1H3,(H,11,13). The highest BCUT2D eigenvalue weighted by Gasteiger charge is 2.34. The van der Waals surface area contributed by atoms with Crippen LogP contribution >= 0.6 is 0 Å². The van der Waals surface area contributed by atoms with Gasteiger partial charge in [0.05, 0.1) is 16.8 Å². The van der Waals surface area contributed by atoms with Crippen molar-refractivity contribution in [2.75, 3.05) is 12.4 Å². The molecule has 0 aliphatic carbocycles. The van der Waals surface area contributed by atoms with Crippen molar-refractivity contribution >= 4 is 23.9 Å². The van der Waals surface area contributed by atoms with E-state index in [1.165, 1.54) is 7.05 Å². The summed E-state index contributed by atoms with van der Waals surface area (Å²) in [4.78, 5) is 34.6. The topological polar surface area (TPSA) is 66.5 Å². The van der Waals surface area contributed by atoms with Crippen molar-refractivity contribution in [3.05, 3.63) is 29.3 Å². The van der Waals surface area contributed by atoms with Crippen LogP contribution in [0.2, 0.25) is 0 Å². The highest BCUT2D eigenvalue weighted by molar-refractivity contribution is 6.23. The molecule has 0 unspecified atom stereocenters. The van der Waals surface area contributed by atoms with Gasteiger partial charge in [-0.2, -0.15) is 0 Å². The van der Waals surface area contributed by atoms with Crippen LogP contribution in [0.4, 0.5) is 5.69 Å². The lowest BCUT2D eigenvalue weighted by molar-refractivity contribution is -0.105. The van der Waals surface area contributed by atoms with E-state index >= 15 is 0 Å². The van der Waals surface area contributed by atoms with Gasteiger partial charge < -0.3 is 5.32 Å². The molecule has 0 saturated carbocycles. The average Bonchev–Trinajstić information content (AvgIpc) is 2.46. The fourth-order valence-corrected chi connectivity index (χ4v) is 1.59. The van der Waals surface area contributed by atoms with E-state index in [1.807, 2.05) is 0 Å². The molecule has 0 spiro atoms. The zero-order chi connectivity index (χ0) is 11.0. The smallest absolute Gasteiger partial charge is 0.263 e. The minimum atomic E-state index is -0.389. The van der Waals surface area contributed by atoms with E-state index in [9.17, 15) is 14.4 Å². The molecule has 5 nitrogen and oxygen atoms in total. The molecule has 1 heterocycles. The van der Waals surface area contributed by atoms with Gasteiger partial charge in [-0.25, -0.2) is 0 Å². The molecule has 1 aliphatic rings. The number of hydrogen-bond donors (Lipinski definition) is 1. The summed E-state index contributed by atoms with van der Waals surface area (Å²) in [5.74, 6) is -0.732. The first-order valence-electron chi connectivity index (χ1n) is 4.32. The summed E-state index contributed by atoms with van der Waals surface area (Å²) in [6.07, 6.45) is 0.478. The SMILES string of the molecule is CN1C(=O)c2cccc(NC=O)c2C1=O. The summed E-state index contributed by atoms with van der Waals surface area (Å²) >= 11 is 0.